The summed E-state index contributed by atoms with van der Waals surface area (Å²) in [5, 5.41) is 0. The molecule has 0 bridgehead atoms. The first-order valence-electron chi connectivity index (χ1n) is 8.13. The van der Waals surface area contributed by atoms with Crippen molar-refractivity contribution < 1.29 is 4.79 Å². The van der Waals surface area contributed by atoms with Crippen LogP contribution in [0.25, 0.3) is 0 Å². The van der Waals surface area contributed by atoms with Gasteiger partial charge in [0.1, 0.15) is 0 Å². The van der Waals surface area contributed by atoms with Crippen LogP contribution in [-0.2, 0) is 6.54 Å². The quantitative estimate of drug-likeness (QED) is 0.585. The highest BCUT2D eigenvalue weighted by atomic mass is 127. The highest BCUT2D eigenvalue weighted by Crippen LogP contribution is 2.15. The van der Waals surface area contributed by atoms with E-state index < -0.39 is 0 Å². The molecule has 1 saturated heterocycles. The third-order valence-electron chi connectivity index (χ3n) is 4.26. The molecule has 0 N–H and O–H groups in total. The van der Waals surface area contributed by atoms with E-state index in [9.17, 15) is 4.79 Å². The number of nitrogens with zero attached hydrogens (tertiary/aromatic N) is 2. The Hall–Kier alpha value is -0.920. The Morgan fingerprint density at radius 1 is 1.04 bits per heavy atom. The van der Waals surface area contributed by atoms with Crippen LogP contribution in [0.15, 0.2) is 53.0 Å². The van der Waals surface area contributed by atoms with E-state index in [1.807, 2.05) is 29.2 Å². The summed E-state index contributed by atoms with van der Waals surface area (Å²) in [5.74, 6) is 0.138. The van der Waals surface area contributed by atoms with Crippen LogP contribution < -0.4 is 0 Å². The lowest BCUT2D eigenvalue weighted by Gasteiger charge is -2.22. The Balaban J connectivity index is 1.60. The fraction of sp³-hybridized carbons (Fsp3) is 0.316. The molecule has 1 amide bonds. The predicted molar refractivity (Wildman–Crippen MR) is 109 cm³/mol. The molecule has 0 saturated carbocycles. The molecule has 3 nitrogen and oxygen atoms in total. The molecule has 0 aliphatic carbocycles. The van der Waals surface area contributed by atoms with Crippen molar-refractivity contribution in [1.82, 2.24) is 9.80 Å². The third-order valence-corrected chi connectivity index (χ3v) is 5.46. The summed E-state index contributed by atoms with van der Waals surface area (Å²) in [6.07, 6.45) is 1.02. The summed E-state index contributed by atoms with van der Waals surface area (Å²) in [5.41, 5.74) is 2.11. The van der Waals surface area contributed by atoms with Gasteiger partial charge in [-0.1, -0.05) is 28.1 Å². The van der Waals surface area contributed by atoms with Crippen LogP contribution in [0.5, 0.6) is 0 Å². The summed E-state index contributed by atoms with van der Waals surface area (Å²) in [7, 11) is 0. The van der Waals surface area contributed by atoms with Crippen molar-refractivity contribution >= 4 is 44.4 Å². The van der Waals surface area contributed by atoms with E-state index in [1.165, 1.54) is 9.13 Å². The molecule has 0 unspecified atom stereocenters. The van der Waals surface area contributed by atoms with Crippen molar-refractivity contribution in [2.24, 2.45) is 0 Å². The van der Waals surface area contributed by atoms with Gasteiger partial charge in [0.15, 0.2) is 0 Å². The van der Waals surface area contributed by atoms with E-state index in [0.717, 1.165) is 49.2 Å². The minimum absolute atomic E-state index is 0.138. The molecule has 0 radical (unpaired) electrons. The van der Waals surface area contributed by atoms with Gasteiger partial charge in [-0.3, -0.25) is 9.69 Å². The van der Waals surface area contributed by atoms with Gasteiger partial charge < -0.3 is 4.90 Å². The van der Waals surface area contributed by atoms with Gasteiger partial charge in [0.05, 0.1) is 0 Å². The van der Waals surface area contributed by atoms with Crippen molar-refractivity contribution in [3.63, 3.8) is 0 Å². The Labute approximate surface area is 165 Å². The lowest BCUT2D eigenvalue weighted by atomic mass is 10.2. The smallest absolute Gasteiger partial charge is 0.253 e. The molecule has 5 heteroatoms. The van der Waals surface area contributed by atoms with Gasteiger partial charge >= 0.3 is 0 Å². The average molecular weight is 499 g/mol. The number of hydrogen-bond acceptors (Lipinski definition) is 2. The van der Waals surface area contributed by atoms with Crippen LogP contribution in [0.3, 0.4) is 0 Å². The first-order valence-corrected chi connectivity index (χ1v) is 10.0. The molecule has 1 heterocycles. The van der Waals surface area contributed by atoms with Crippen LogP contribution in [0.1, 0.15) is 22.3 Å². The normalized spacial score (nSPS) is 16.0. The van der Waals surface area contributed by atoms with E-state index in [1.54, 1.807) is 0 Å². The molecule has 3 rings (SSSR count). The van der Waals surface area contributed by atoms with Gasteiger partial charge in [0.25, 0.3) is 5.91 Å². The summed E-state index contributed by atoms with van der Waals surface area (Å²) >= 11 is 5.77. The zero-order valence-electron chi connectivity index (χ0n) is 13.4. The molecule has 0 spiro atoms. The topological polar surface area (TPSA) is 23.6 Å². The first-order chi connectivity index (χ1) is 11.6. The molecule has 2 aromatic rings. The van der Waals surface area contributed by atoms with E-state index >= 15 is 0 Å². The summed E-state index contributed by atoms with van der Waals surface area (Å²) in [4.78, 5) is 17.1. The van der Waals surface area contributed by atoms with E-state index in [4.69, 9.17) is 0 Å². The number of benzene rings is 2. The highest BCUT2D eigenvalue weighted by Gasteiger charge is 2.20. The highest BCUT2D eigenvalue weighted by molar-refractivity contribution is 14.1. The Kier molecular flexibility index (Phi) is 6.30. The van der Waals surface area contributed by atoms with E-state index in [0.29, 0.717) is 0 Å². The minimum Gasteiger partial charge on any atom is -0.337 e. The summed E-state index contributed by atoms with van der Waals surface area (Å²) in [6, 6.07) is 16.3. The number of amides is 1. The second-order valence-electron chi connectivity index (χ2n) is 6.06. The zero-order valence-corrected chi connectivity index (χ0v) is 17.2. The van der Waals surface area contributed by atoms with Gasteiger partial charge in [-0.05, 0) is 71.0 Å². The Bertz CT molecular complexity index is 705. The SMILES string of the molecule is O=C(c1ccc(Br)cc1)N1CCCN(Cc2cccc(I)c2)CC1. The van der Waals surface area contributed by atoms with Crippen molar-refractivity contribution in [2.45, 2.75) is 13.0 Å². The van der Waals surface area contributed by atoms with Crippen LogP contribution in [-0.4, -0.2) is 41.9 Å². The second kappa shape index (κ2) is 8.45. The van der Waals surface area contributed by atoms with Gasteiger partial charge in [-0.15, -0.1) is 0 Å². The Morgan fingerprint density at radius 2 is 1.83 bits per heavy atom. The molecule has 24 heavy (non-hydrogen) atoms. The lowest BCUT2D eigenvalue weighted by Crippen LogP contribution is -2.35. The molecule has 1 aliphatic rings. The number of hydrogen-bond donors (Lipinski definition) is 0. The molecular formula is C19H20BrIN2O. The van der Waals surface area contributed by atoms with Gasteiger partial charge in [-0.25, -0.2) is 0 Å². The number of carbonyl (C=O) groups is 1. The summed E-state index contributed by atoms with van der Waals surface area (Å²) < 4.78 is 2.27. The maximum absolute atomic E-state index is 12.7. The van der Waals surface area contributed by atoms with Crippen LogP contribution in [0.4, 0.5) is 0 Å². The summed E-state index contributed by atoms with van der Waals surface area (Å²) in [6.45, 7) is 4.54. The average Bonchev–Trinajstić information content (AvgIpc) is 2.81. The molecule has 1 aliphatic heterocycles. The van der Waals surface area contributed by atoms with Crippen LogP contribution in [0.2, 0.25) is 0 Å². The molecular weight excluding hydrogens is 479 g/mol. The first kappa shape index (κ1) is 17.9. The van der Waals surface area contributed by atoms with Crippen molar-refractivity contribution in [2.75, 3.05) is 26.2 Å². The predicted octanol–water partition coefficient (Wildman–Crippen LogP) is 4.40. The minimum atomic E-state index is 0.138. The van der Waals surface area contributed by atoms with Crippen molar-refractivity contribution in [1.29, 1.82) is 0 Å². The molecule has 1 fully saturated rings. The molecule has 0 aromatic heterocycles. The van der Waals surface area contributed by atoms with Gasteiger partial charge in [-0.2, -0.15) is 0 Å². The standard InChI is InChI=1S/C19H20BrIN2O/c20-17-7-5-16(6-8-17)19(24)23-10-2-9-22(11-12-23)14-15-3-1-4-18(21)13-15/h1,3-8,13H,2,9-12,14H2. The maximum Gasteiger partial charge on any atom is 0.253 e. The monoisotopic (exact) mass is 498 g/mol. The molecule has 126 valence electrons. The largest absolute Gasteiger partial charge is 0.337 e. The van der Waals surface area contributed by atoms with Crippen molar-refractivity contribution in [3.05, 3.63) is 67.7 Å². The Morgan fingerprint density at radius 3 is 2.58 bits per heavy atom. The van der Waals surface area contributed by atoms with Crippen LogP contribution in [0, 0.1) is 3.57 Å². The fourth-order valence-electron chi connectivity index (χ4n) is 3.00. The number of rotatable bonds is 3. The van der Waals surface area contributed by atoms with Gasteiger partial charge in [0, 0.05) is 46.3 Å². The molecule has 0 atom stereocenters. The van der Waals surface area contributed by atoms with Gasteiger partial charge in [0.2, 0.25) is 0 Å². The number of carbonyl (C=O) groups excluding carboxylic acids is 1. The van der Waals surface area contributed by atoms with E-state index in [2.05, 4.69) is 67.7 Å². The van der Waals surface area contributed by atoms with Crippen molar-refractivity contribution in [3.8, 4) is 0 Å². The lowest BCUT2D eigenvalue weighted by molar-refractivity contribution is 0.0761. The zero-order chi connectivity index (χ0) is 16.9. The fourth-order valence-corrected chi connectivity index (χ4v) is 3.87. The maximum atomic E-state index is 12.7. The number of halogens is 2. The van der Waals surface area contributed by atoms with Crippen LogP contribution >= 0.6 is 38.5 Å². The van der Waals surface area contributed by atoms with E-state index in [-0.39, 0.29) is 5.91 Å². The molecule has 2 aromatic carbocycles. The third kappa shape index (κ3) is 4.80. The second-order valence-corrected chi connectivity index (χ2v) is 8.22.